The molecule has 2 rings (SSSR count). The van der Waals surface area contributed by atoms with E-state index in [1.807, 2.05) is 0 Å². The minimum absolute atomic E-state index is 0.0818. The third-order valence-corrected chi connectivity index (χ3v) is 1.59. The fourth-order valence-corrected chi connectivity index (χ4v) is 1.03. The highest BCUT2D eigenvalue weighted by Gasteiger charge is 2.28. The molecule has 0 saturated carbocycles. The summed E-state index contributed by atoms with van der Waals surface area (Å²) >= 11 is 0. The van der Waals surface area contributed by atoms with E-state index >= 15 is 0 Å². The normalized spacial score (nSPS) is 10.6. The first-order valence-electron chi connectivity index (χ1n) is 3.32. The molecule has 10 nitrogen and oxygen atoms in total. The van der Waals surface area contributed by atoms with E-state index in [4.69, 9.17) is 0 Å². The third-order valence-electron chi connectivity index (χ3n) is 1.59. The number of nitrogens with zero attached hydrogens (tertiary/aromatic N) is 4. The van der Waals surface area contributed by atoms with Crippen LogP contribution in [0.1, 0.15) is 0 Å². The summed E-state index contributed by atoms with van der Waals surface area (Å²) in [6.45, 7) is 0. The van der Waals surface area contributed by atoms with Crippen LogP contribution in [-0.2, 0) is 0 Å². The van der Waals surface area contributed by atoms with Gasteiger partial charge in [-0.25, -0.2) is 0 Å². The highest BCUT2D eigenvalue weighted by Crippen LogP contribution is 2.25. The molecule has 14 heavy (non-hydrogen) atoms. The zero-order valence-corrected chi connectivity index (χ0v) is 6.42. The highest BCUT2D eigenvalue weighted by molar-refractivity contribution is 5.88. The molecule has 0 bridgehead atoms. The Morgan fingerprint density at radius 2 is 1.29 bits per heavy atom. The van der Waals surface area contributed by atoms with Gasteiger partial charge in [-0.05, 0) is 9.85 Å². The van der Waals surface area contributed by atoms with Crippen molar-refractivity contribution in [1.29, 1.82) is 0 Å². The van der Waals surface area contributed by atoms with Gasteiger partial charge < -0.3 is 20.2 Å². The smallest absolute Gasteiger partial charge is 0.358 e. The van der Waals surface area contributed by atoms with Gasteiger partial charge in [0.15, 0.2) is 0 Å². The lowest BCUT2D eigenvalue weighted by Crippen LogP contribution is -1.90. The van der Waals surface area contributed by atoms with Crippen molar-refractivity contribution >= 4 is 22.7 Å². The van der Waals surface area contributed by atoms with Crippen LogP contribution in [0.2, 0.25) is 0 Å². The van der Waals surface area contributed by atoms with Gasteiger partial charge in [0.05, 0.1) is 10.2 Å². The Kier molecular flexibility index (Phi) is 1.44. The lowest BCUT2D eigenvalue weighted by Gasteiger charge is -1.82. The lowest BCUT2D eigenvalue weighted by molar-refractivity contribution is -0.388. The maximum atomic E-state index is 10.4. The Balaban J connectivity index is 2.73. The topological polar surface area (TPSA) is 144 Å². The molecule has 2 aromatic heterocycles. The summed E-state index contributed by atoms with van der Waals surface area (Å²) in [6.07, 6.45) is 0. The average Bonchev–Trinajstić information content (AvgIpc) is 2.59. The summed E-state index contributed by atoms with van der Waals surface area (Å²) in [6, 6.07) is 0. The van der Waals surface area contributed by atoms with Crippen molar-refractivity contribution in [2.75, 3.05) is 0 Å². The molecule has 2 heterocycles. The second-order valence-corrected chi connectivity index (χ2v) is 2.36. The number of hydrogen-bond acceptors (Lipinski definition) is 6. The molecular formula is C4H2N6O4. The van der Waals surface area contributed by atoms with Gasteiger partial charge in [0.25, 0.3) is 0 Å². The van der Waals surface area contributed by atoms with Gasteiger partial charge in [-0.3, -0.25) is 0 Å². The molecular weight excluding hydrogens is 196 g/mol. The largest absolute Gasteiger partial charge is 0.417 e. The van der Waals surface area contributed by atoms with Crippen LogP contribution in [0, 0.1) is 20.2 Å². The summed E-state index contributed by atoms with van der Waals surface area (Å²) in [5.74, 6) is -1.03. The SMILES string of the molecule is O=[N+]([O-])c1n[nH]c2c([N+](=O)[O-])n[nH]c12. The number of fused-ring (bicyclic) bond motifs is 1. The van der Waals surface area contributed by atoms with E-state index in [0.717, 1.165) is 0 Å². The number of hydrogen-bond donors (Lipinski definition) is 2. The molecule has 2 N–H and O–H groups in total. The average molecular weight is 198 g/mol. The zero-order valence-electron chi connectivity index (χ0n) is 6.42. The van der Waals surface area contributed by atoms with E-state index in [2.05, 4.69) is 20.4 Å². The van der Waals surface area contributed by atoms with Crippen molar-refractivity contribution in [2.24, 2.45) is 0 Å². The second kappa shape index (κ2) is 2.48. The summed E-state index contributed by atoms with van der Waals surface area (Å²) < 4.78 is 0. The quantitative estimate of drug-likeness (QED) is 0.517. The number of nitrogens with one attached hydrogen (secondary N) is 2. The van der Waals surface area contributed by atoms with E-state index in [9.17, 15) is 20.2 Å². The van der Waals surface area contributed by atoms with Gasteiger partial charge in [0.1, 0.15) is 0 Å². The van der Waals surface area contributed by atoms with Gasteiger partial charge in [-0.2, -0.15) is 10.2 Å². The number of rotatable bonds is 2. The monoisotopic (exact) mass is 198 g/mol. The van der Waals surface area contributed by atoms with Crippen molar-refractivity contribution in [3.05, 3.63) is 20.2 Å². The second-order valence-electron chi connectivity index (χ2n) is 2.36. The van der Waals surface area contributed by atoms with E-state index in [-0.39, 0.29) is 11.0 Å². The first kappa shape index (κ1) is 8.10. The van der Waals surface area contributed by atoms with Crippen LogP contribution < -0.4 is 0 Å². The van der Waals surface area contributed by atoms with E-state index in [1.165, 1.54) is 0 Å². The molecule has 0 spiro atoms. The van der Waals surface area contributed by atoms with Crippen LogP contribution in [0.4, 0.5) is 11.6 Å². The van der Waals surface area contributed by atoms with Crippen molar-refractivity contribution < 1.29 is 9.85 Å². The molecule has 0 amide bonds. The molecule has 0 fully saturated rings. The van der Waals surface area contributed by atoms with Crippen LogP contribution in [0.25, 0.3) is 11.0 Å². The Labute approximate surface area is 74.2 Å². The van der Waals surface area contributed by atoms with Crippen LogP contribution in [0.5, 0.6) is 0 Å². The van der Waals surface area contributed by atoms with Gasteiger partial charge in [-0.15, -0.1) is 0 Å². The molecule has 0 aliphatic carbocycles. The molecule has 0 atom stereocenters. The van der Waals surface area contributed by atoms with Gasteiger partial charge >= 0.3 is 11.6 Å². The molecule has 72 valence electrons. The molecule has 0 unspecified atom stereocenters. The first-order chi connectivity index (χ1) is 6.61. The number of nitro groups is 2. The molecule has 0 aliphatic heterocycles. The standard InChI is InChI=1S/C4H2N6O4/c11-9(12)3-1-2(6-7-3)4(8-5-1)10(13)14/h(H,5,8)(H,6,7). The van der Waals surface area contributed by atoms with Crippen molar-refractivity contribution in [3.8, 4) is 0 Å². The van der Waals surface area contributed by atoms with E-state index in [0.29, 0.717) is 0 Å². The Morgan fingerprint density at radius 3 is 1.57 bits per heavy atom. The minimum Gasteiger partial charge on any atom is -0.358 e. The number of aromatic amines is 2. The number of aromatic nitrogens is 4. The maximum absolute atomic E-state index is 10.4. The summed E-state index contributed by atoms with van der Waals surface area (Å²) in [4.78, 5) is 19.2. The Bertz CT molecular complexity index is 477. The summed E-state index contributed by atoms with van der Waals surface area (Å²) in [5, 5.41) is 31.7. The van der Waals surface area contributed by atoms with E-state index in [1.54, 1.807) is 0 Å². The Hall–Kier alpha value is -2.52. The highest BCUT2D eigenvalue weighted by atomic mass is 16.6. The predicted molar refractivity (Wildman–Crippen MR) is 41.5 cm³/mol. The fourth-order valence-electron chi connectivity index (χ4n) is 1.03. The van der Waals surface area contributed by atoms with Gasteiger partial charge in [0, 0.05) is 0 Å². The summed E-state index contributed by atoms with van der Waals surface area (Å²) in [5.41, 5.74) is -0.164. The van der Waals surface area contributed by atoms with E-state index < -0.39 is 21.5 Å². The third kappa shape index (κ3) is 0.903. The van der Waals surface area contributed by atoms with Crippen molar-refractivity contribution in [2.45, 2.75) is 0 Å². The van der Waals surface area contributed by atoms with Crippen molar-refractivity contribution in [3.63, 3.8) is 0 Å². The fraction of sp³-hybridized carbons (Fsp3) is 0. The maximum Gasteiger partial charge on any atom is 0.417 e. The molecule has 0 aromatic carbocycles. The zero-order chi connectivity index (χ0) is 10.3. The molecule has 0 aliphatic rings. The first-order valence-corrected chi connectivity index (χ1v) is 3.32. The lowest BCUT2D eigenvalue weighted by atomic mass is 10.4. The molecule has 2 aromatic rings. The van der Waals surface area contributed by atoms with Crippen LogP contribution in [0.15, 0.2) is 0 Å². The van der Waals surface area contributed by atoms with Gasteiger partial charge in [-0.1, -0.05) is 0 Å². The van der Waals surface area contributed by atoms with Crippen LogP contribution in [-0.4, -0.2) is 30.2 Å². The molecule has 0 radical (unpaired) electrons. The minimum atomic E-state index is -0.763. The van der Waals surface area contributed by atoms with Gasteiger partial charge in [0.2, 0.25) is 11.0 Å². The number of H-pyrrole nitrogens is 2. The van der Waals surface area contributed by atoms with Crippen LogP contribution in [0.3, 0.4) is 0 Å². The van der Waals surface area contributed by atoms with Crippen molar-refractivity contribution in [1.82, 2.24) is 20.4 Å². The predicted octanol–water partition coefficient (Wildman–Crippen LogP) is 0.102. The molecule has 0 saturated heterocycles. The molecule has 10 heteroatoms. The summed E-state index contributed by atoms with van der Waals surface area (Å²) in [7, 11) is 0. The Morgan fingerprint density at radius 1 is 0.929 bits per heavy atom. The van der Waals surface area contributed by atoms with Crippen LogP contribution >= 0.6 is 0 Å².